The molecule has 0 radical (unpaired) electrons. The van der Waals surface area contributed by atoms with E-state index in [0.717, 1.165) is 5.56 Å². The molecule has 0 spiro atoms. The number of carboxylic acids is 1. The van der Waals surface area contributed by atoms with Crippen molar-refractivity contribution in [2.45, 2.75) is 20.3 Å². The predicted octanol–water partition coefficient (Wildman–Crippen LogP) is 1.64. The molecule has 0 fully saturated rings. The van der Waals surface area contributed by atoms with Crippen LogP contribution in [0.1, 0.15) is 16.7 Å². The summed E-state index contributed by atoms with van der Waals surface area (Å²) in [6.07, 6.45) is -0.126. The van der Waals surface area contributed by atoms with Gasteiger partial charge in [0, 0.05) is 5.56 Å². The maximum absolute atomic E-state index is 10.5. The molecular weight excluding hydrogens is 168 g/mol. The number of carbonyl (C=O) groups is 1. The monoisotopic (exact) mass is 180 g/mol. The summed E-state index contributed by atoms with van der Waals surface area (Å²) in [5.41, 5.74) is 2.03. The lowest BCUT2D eigenvalue weighted by Crippen LogP contribution is -2.02. The lowest BCUT2D eigenvalue weighted by Gasteiger charge is -2.07. The Kier molecular flexibility index (Phi) is 2.56. The Labute approximate surface area is 76.6 Å². The van der Waals surface area contributed by atoms with Gasteiger partial charge in [0.25, 0.3) is 0 Å². The van der Waals surface area contributed by atoms with Crippen LogP contribution in [0.4, 0.5) is 0 Å². The second kappa shape index (κ2) is 3.47. The molecule has 0 saturated carbocycles. The van der Waals surface area contributed by atoms with E-state index in [9.17, 15) is 9.90 Å². The molecule has 0 aromatic heterocycles. The average Bonchev–Trinajstić information content (AvgIpc) is 2.05. The second-order valence-electron chi connectivity index (χ2n) is 3.10. The van der Waals surface area contributed by atoms with E-state index < -0.39 is 5.97 Å². The third kappa shape index (κ3) is 1.99. The Balaban J connectivity index is 3.17. The minimum atomic E-state index is -0.927. The number of aryl methyl sites for hydroxylation is 2. The van der Waals surface area contributed by atoms with Crippen molar-refractivity contribution in [1.82, 2.24) is 0 Å². The molecule has 0 aliphatic carbocycles. The van der Waals surface area contributed by atoms with E-state index in [1.807, 2.05) is 6.07 Å². The molecule has 1 rings (SSSR count). The highest BCUT2D eigenvalue weighted by atomic mass is 16.4. The number of hydrogen-bond acceptors (Lipinski definition) is 2. The molecule has 13 heavy (non-hydrogen) atoms. The third-order valence-electron chi connectivity index (χ3n) is 2.05. The first-order chi connectivity index (χ1) is 6.02. The van der Waals surface area contributed by atoms with Crippen molar-refractivity contribution in [2.75, 3.05) is 0 Å². The van der Waals surface area contributed by atoms with E-state index in [4.69, 9.17) is 5.11 Å². The fourth-order valence-electron chi connectivity index (χ4n) is 1.23. The topological polar surface area (TPSA) is 57.5 Å². The summed E-state index contributed by atoms with van der Waals surface area (Å²) in [6.45, 7) is 3.54. The van der Waals surface area contributed by atoms with Crippen LogP contribution in [-0.2, 0) is 11.2 Å². The Hall–Kier alpha value is -1.51. The summed E-state index contributed by atoms with van der Waals surface area (Å²) in [7, 11) is 0. The highest BCUT2D eigenvalue weighted by molar-refractivity contribution is 5.72. The van der Waals surface area contributed by atoms with Gasteiger partial charge in [-0.1, -0.05) is 12.1 Å². The number of phenols is 1. The number of carboxylic acid groups (broad SMARTS) is 1. The standard InChI is InChI=1S/C10H12O3/c1-6-3-4-7(2)10(13)8(6)5-9(11)12/h3-4,13H,5H2,1-2H3,(H,11,12). The molecule has 0 atom stereocenters. The SMILES string of the molecule is Cc1ccc(C)c(CC(=O)O)c1O. The minimum Gasteiger partial charge on any atom is -0.507 e. The van der Waals surface area contributed by atoms with E-state index >= 15 is 0 Å². The largest absolute Gasteiger partial charge is 0.507 e. The molecule has 0 unspecified atom stereocenters. The van der Waals surface area contributed by atoms with Crippen LogP contribution in [0.15, 0.2) is 12.1 Å². The lowest BCUT2D eigenvalue weighted by molar-refractivity contribution is -0.136. The van der Waals surface area contributed by atoms with Gasteiger partial charge in [0.15, 0.2) is 0 Å². The Morgan fingerprint density at radius 3 is 2.38 bits per heavy atom. The highest BCUT2D eigenvalue weighted by Crippen LogP contribution is 2.25. The van der Waals surface area contributed by atoms with Crippen LogP contribution < -0.4 is 0 Å². The smallest absolute Gasteiger partial charge is 0.307 e. The van der Waals surface area contributed by atoms with Crippen LogP contribution in [0.3, 0.4) is 0 Å². The molecule has 70 valence electrons. The number of aromatic hydroxyl groups is 1. The number of phenolic OH excluding ortho intramolecular Hbond substituents is 1. The van der Waals surface area contributed by atoms with E-state index in [-0.39, 0.29) is 12.2 Å². The van der Waals surface area contributed by atoms with E-state index in [0.29, 0.717) is 11.1 Å². The van der Waals surface area contributed by atoms with Crippen molar-refractivity contribution in [3.05, 3.63) is 28.8 Å². The number of benzene rings is 1. The zero-order valence-corrected chi connectivity index (χ0v) is 7.66. The fourth-order valence-corrected chi connectivity index (χ4v) is 1.23. The van der Waals surface area contributed by atoms with E-state index in [1.165, 1.54) is 0 Å². The lowest BCUT2D eigenvalue weighted by atomic mass is 10.0. The number of rotatable bonds is 2. The summed E-state index contributed by atoms with van der Waals surface area (Å²) >= 11 is 0. The summed E-state index contributed by atoms with van der Waals surface area (Å²) in [4.78, 5) is 10.5. The number of hydrogen-bond donors (Lipinski definition) is 2. The molecule has 0 aliphatic rings. The molecule has 2 N–H and O–H groups in total. The van der Waals surface area contributed by atoms with Crippen molar-refractivity contribution in [3.63, 3.8) is 0 Å². The second-order valence-corrected chi connectivity index (χ2v) is 3.10. The van der Waals surface area contributed by atoms with Crippen molar-refractivity contribution < 1.29 is 15.0 Å². The van der Waals surface area contributed by atoms with Crippen molar-refractivity contribution in [3.8, 4) is 5.75 Å². The van der Waals surface area contributed by atoms with Gasteiger partial charge in [0.2, 0.25) is 0 Å². The first-order valence-electron chi connectivity index (χ1n) is 4.02. The summed E-state index contributed by atoms with van der Waals surface area (Å²) in [6, 6.07) is 3.59. The van der Waals surface area contributed by atoms with Crippen LogP contribution >= 0.6 is 0 Å². The van der Waals surface area contributed by atoms with Crippen molar-refractivity contribution in [1.29, 1.82) is 0 Å². The van der Waals surface area contributed by atoms with E-state index in [1.54, 1.807) is 19.9 Å². The third-order valence-corrected chi connectivity index (χ3v) is 2.05. The quantitative estimate of drug-likeness (QED) is 0.727. The molecule has 0 amide bonds. The van der Waals surface area contributed by atoms with Crippen LogP contribution in [0.2, 0.25) is 0 Å². The predicted molar refractivity (Wildman–Crippen MR) is 48.9 cm³/mol. The summed E-state index contributed by atoms with van der Waals surface area (Å²) in [5.74, 6) is -0.827. The molecule has 1 aromatic rings. The molecular formula is C10H12O3. The fraction of sp³-hybridized carbons (Fsp3) is 0.300. The van der Waals surface area contributed by atoms with Gasteiger partial charge in [0.05, 0.1) is 6.42 Å². The zero-order valence-electron chi connectivity index (χ0n) is 7.66. The first kappa shape index (κ1) is 9.58. The average molecular weight is 180 g/mol. The molecule has 1 aromatic carbocycles. The Morgan fingerprint density at radius 1 is 1.31 bits per heavy atom. The van der Waals surface area contributed by atoms with Crippen molar-refractivity contribution >= 4 is 5.97 Å². The van der Waals surface area contributed by atoms with Crippen LogP contribution in [0, 0.1) is 13.8 Å². The molecule has 3 nitrogen and oxygen atoms in total. The van der Waals surface area contributed by atoms with Crippen LogP contribution in [-0.4, -0.2) is 16.2 Å². The Morgan fingerprint density at radius 2 is 1.85 bits per heavy atom. The summed E-state index contributed by atoms with van der Waals surface area (Å²) < 4.78 is 0. The van der Waals surface area contributed by atoms with Crippen LogP contribution in [0.5, 0.6) is 5.75 Å². The van der Waals surface area contributed by atoms with Gasteiger partial charge < -0.3 is 10.2 Å². The molecule has 0 bridgehead atoms. The van der Waals surface area contributed by atoms with E-state index in [2.05, 4.69) is 0 Å². The molecule has 0 heterocycles. The molecule has 0 saturated heterocycles. The maximum Gasteiger partial charge on any atom is 0.307 e. The summed E-state index contributed by atoms with van der Waals surface area (Å²) in [5, 5.41) is 18.2. The number of aliphatic carboxylic acids is 1. The van der Waals surface area contributed by atoms with Gasteiger partial charge in [-0.3, -0.25) is 4.79 Å². The van der Waals surface area contributed by atoms with Gasteiger partial charge in [-0.2, -0.15) is 0 Å². The van der Waals surface area contributed by atoms with Crippen molar-refractivity contribution in [2.24, 2.45) is 0 Å². The van der Waals surface area contributed by atoms with Gasteiger partial charge in [-0.05, 0) is 25.0 Å². The first-order valence-corrected chi connectivity index (χ1v) is 4.02. The van der Waals surface area contributed by atoms with Gasteiger partial charge >= 0.3 is 5.97 Å². The zero-order chi connectivity index (χ0) is 10.0. The van der Waals surface area contributed by atoms with Gasteiger partial charge in [-0.15, -0.1) is 0 Å². The molecule has 0 aliphatic heterocycles. The Bertz CT molecular complexity index is 342. The minimum absolute atomic E-state index is 0.0994. The normalized spacial score (nSPS) is 10.0. The molecule has 3 heteroatoms. The van der Waals surface area contributed by atoms with Gasteiger partial charge in [-0.25, -0.2) is 0 Å². The highest BCUT2D eigenvalue weighted by Gasteiger charge is 2.10. The van der Waals surface area contributed by atoms with Gasteiger partial charge in [0.1, 0.15) is 5.75 Å². The maximum atomic E-state index is 10.5. The van der Waals surface area contributed by atoms with Crippen LogP contribution in [0.25, 0.3) is 0 Å².